The van der Waals surface area contributed by atoms with Gasteiger partial charge in [-0.1, -0.05) is 6.07 Å². The molecular weight excluding hydrogens is 485 g/mol. The molecule has 1 saturated carbocycles. The minimum absolute atomic E-state index is 0.218. The van der Waals surface area contributed by atoms with Crippen molar-refractivity contribution >= 4 is 34.4 Å². The van der Waals surface area contributed by atoms with E-state index < -0.39 is 5.82 Å². The van der Waals surface area contributed by atoms with Crippen molar-refractivity contribution in [3.63, 3.8) is 0 Å². The average Bonchev–Trinajstić information content (AvgIpc) is 3.68. The zero-order chi connectivity index (χ0) is 25.4. The minimum Gasteiger partial charge on any atom is -0.356 e. The van der Waals surface area contributed by atoms with Gasteiger partial charge >= 0.3 is 0 Å². The van der Waals surface area contributed by atoms with Gasteiger partial charge in [-0.25, -0.2) is 14.4 Å². The van der Waals surface area contributed by atoms with E-state index in [1.165, 1.54) is 49.6 Å². The Labute approximate surface area is 219 Å². The predicted octanol–water partition coefficient (Wildman–Crippen LogP) is 5.86. The number of carbonyl (C=O) groups is 1. The summed E-state index contributed by atoms with van der Waals surface area (Å²) in [6.07, 6.45) is 8.85. The van der Waals surface area contributed by atoms with Crippen LogP contribution in [0.3, 0.4) is 0 Å². The second-order valence-electron chi connectivity index (χ2n) is 10.0. The highest BCUT2D eigenvalue weighted by atomic mass is 32.2. The van der Waals surface area contributed by atoms with Crippen molar-refractivity contribution in [3.05, 3.63) is 77.9 Å². The number of halogens is 1. The Balaban J connectivity index is 1.20. The molecule has 1 aliphatic carbocycles. The number of anilines is 1. The van der Waals surface area contributed by atoms with E-state index in [1.807, 2.05) is 30.5 Å². The molecule has 8 heteroatoms. The molecule has 6 rings (SSSR count). The average molecular weight is 514 g/mol. The van der Waals surface area contributed by atoms with Gasteiger partial charge in [0.25, 0.3) is 5.91 Å². The van der Waals surface area contributed by atoms with Crippen LogP contribution in [0.2, 0.25) is 0 Å². The van der Waals surface area contributed by atoms with Crippen LogP contribution in [-0.4, -0.2) is 40.2 Å². The quantitative estimate of drug-likeness (QED) is 0.326. The van der Waals surface area contributed by atoms with E-state index in [-0.39, 0.29) is 18.0 Å². The second kappa shape index (κ2) is 9.74. The number of nitrogens with zero attached hydrogens (tertiary/aromatic N) is 4. The molecule has 2 aliphatic rings. The van der Waals surface area contributed by atoms with Crippen molar-refractivity contribution in [2.24, 2.45) is 5.41 Å². The molecule has 1 aliphatic heterocycles. The molecule has 2 fully saturated rings. The smallest absolute Gasteiger partial charge is 0.251 e. The van der Waals surface area contributed by atoms with Gasteiger partial charge in [0, 0.05) is 35.1 Å². The summed E-state index contributed by atoms with van der Waals surface area (Å²) in [6, 6.07) is 16.3. The molecule has 4 heterocycles. The number of hydrogen-bond donors (Lipinski definition) is 1. The third kappa shape index (κ3) is 5.16. The van der Waals surface area contributed by atoms with Gasteiger partial charge in [-0.15, -0.1) is 11.8 Å². The molecule has 1 aromatic carbocycles. The van der Waals surface area contributed by atoms with Gasteiger partial charge < -0.3 is 10.2 Å². The van der Waals surface area contributed by atoms with Crippen molar-refractivity contribution in [2.75, 3.05) is 24.2 Å². The van der Waals surface area contributed by atoms with Crippen LogP contribution in [-0.2, 0) is 6.54 Å². The molecule has 0 bridgehead atoms. The Bertz CT molecular complexity index is 1490. The Morgan fingerprint density at radius 2 is 1.95 bits per heavy atom. The fourth-order valence-electron chi connectivity index (χ4n) is 5.11. The molecule has 188 valence electrons. The summed E-state index contributed by atoms with van der Waals surface area (Å²) in [4.78, 5) is 30.0. The van der Waals surface area contributed by atoms with E-state index in [0.29, 0.717) is 16.0 Å². The lowest BCUT2D eigenvalue weighted by molar-refractivity contribution is 0.0949. The van der Waals surface area contributed by atoms with E-state index in [4.69, 9.17) is 9.97 Å². The molecule has 0 radical (unpaired) electrons. The highest BCUT2D eigenvalue weighted by Crippen LogP contribution is 2.52. The maximum absolute atomic E-state index is 13.8. The van der Waals surface area contributed by atoms with Crippen LogP contribution in [0.15, 0.2) is 65.7 Å². The van der Waals surface area contributed by atoms with Gasteiger partial charge in [-0.05, 0) is 85.9 Å². The molecule has 3 aromatic heterocycles. The maximum Gasteiger partial charge on any atom is 0.251 e. The fraction of sp³-hybridized carbons (Fsp3) is 0.310. The van der Waals surface area contributed by atoms with Gasteiger partial charge in [0.15, 0.2) is 0 Å². The number of hydrogen-bond acceptors (Lipinski definition) is 6. The van der Waals surface area contributed by atoms with Crippen LogP contribution in [0.1, 0.15) is 41.7 Å². The second-order valence-corrected chi connectivity index (χ2v) is 10.9. The van der Waals surface area contributed by atoms with Gasteiger partial charge in [0.1, 0.15) is 11.6 Å². The summed E-state index contributed by atoms with van der Waals surface area (Å²) in [7, 11) is 0. The number of nitrogens with one attached hydrogen (secondary N) is 1. The lowest BCUT2D eigenvalue weighted by Crippen LogP contribution is -2.36. The van der Waals surface area contributed by atoms with Gasteiger partial charge in [0.2, 0.25) is 0 Å². The topological polar surface area (TPSA) is 71.0 Å². The van der Waals surface area contributed by atoms with Crippen molar-refractivity contribution in [2.45, 2.75) is 37.1 Å². The van der Waals surface area contributed by atoms with Crippen LogP contribution in [0.5, 0.6) is 0 Å². The van der Waals surface area contributed by atoms with E-state index in [9.17, 15) is 9.18 Å². The van der Waals surface area contributed by atoms with Crippen LogP contribution >= 0.6 is 11.8 Å². The third-order valence-corrected chi connectivity index (χ3v) is 8.08. The number of benzene rings is 1. The largest absolute Gasteiger partial charge is 0.356 e. The van der Waals surface area contributed by atoms with Crippen molar-refractivity contribution in [3.8, 4) is 11.4 Å². The fourth-order valence-corrected chi connectivity index (χ4v) is 5.59. The monoisotopic (exact) mass is 513 g/mol. The molecule has 0 atom stereocenters. The number of thioether (sulfide) groups is 1. The Hall–Kier alpha value is -3.52. The van der Waals surface area contributed by atoms with E-state index in [1.54, 1.807) is 12.3 Å². The van der Waals surface area contributed by atoms with E-state index in [2.05, 4.69) is 27.3 Å². The standard InChI is InChI=1S/C29H28FN5OS/c1-37-23-13-20(12-21(30)14-23)28(36)32-17-22-15-26-19(16-31-22)6-7-25(33-26)24-4-2-5-27(34-24)35-11-3-8-29(18-35)9-10-29/h2,4-7,12-16H,3,8-11,17-18H2,1H3,(H,32,36). The molecule has 0 unspecified atom stereocenters. The van der Waals surface area contributed by atoms with E-state index in [0.717, 1.165) is 41.2 Å². The summed E-state index contributed by atoms with van der Waals surface area (Å²) in [5.74, 6) is 0.248. The van der Waals surface area contributed by atoms with Gasteiger partial charge in [0.05, 0.1) is 29.1 Å². The summed E-state index contributed by atoms with van der Waals surface area (Å²) in [6.45, 7) is 2.37. The first-order valence-corrected chi connectivity index (χ1v) is 13.8. The first-order chi connectivity index (χ1) is 18.0. The summed E-state index contributed by atoms with van der Waals surface area (Å²) < 4.78 is 13.8. The summed E-state index contributed by atoms with van der Waals surface area (Å²) >= 11 is 1.39. The highest BCUT2D eigenvalue weighted by molar-refractivity contribution is 7.98. The Kier molecular flexibility index (Phi) is 6.28. The zero-order valence-electron chi connectivity index (χ0n) is 20.7. The molecule has 1 N–H and O–H groups in total. The zero-order valence-corrected chi connectivity index (χ0v) is 21.5. The first kappa shape index (κ1) is 23.9. The van der Waals surface area contributed by atoms with E-state index >= 15 is 0 Å². The van der Waals surface area contributed by atoms with Crippen LogP contribution in [0.25, 0.3) is 22.3 Å². The number of amides is 1. The Morgan fingerprint density at radius 1 is 1.08 bits per heavy atom. The lowest BCUT2D eigenvalue weighted by atomic mass is 9.95. The third-order valence-electron chi connectivity index (χ3n) is 7.37. The minimum atomic E-state index is -0.428. The molecule has 4 aromatic rings. The highest BCUT2D eigenvalue weighted by Gasteiger charge is 2.45. The number of piperidine rings is 1. The first-order valence-electron chi connectivity index (χ1n) is 12.6. The summed E-state index contributed by atoms with van der Waals surface area (Å²) in [5, 5.41) is 3.75. The molecule has 1 spiro atoms. The molecule has 1 saturated heterocycles. The number of carbonyl (C=O) groups excluding carboxylic acids is 1. The number of pyridine rings is 3. The lowest BCUT2D eigenvalue weighted by Gasteiger charge is -2.34. The van der Waals surface area contributed by atoms with Crippen molar-refractivity contribution in [1.29, 1.82) is 0 Å². The summed E-state index contributed by atoms with van der Waals surface area (Å²) in [5.41, 5.74) is 3.93. The van der Waals surface area contributed by atoms with Gasteiger partial charge in [-0.2, -0.15) is 0 Å². The molecule has 37 heavy (non-hydrogen) atoms. The van der Waals surface area contributed by atoms with Crippen molar-refractivity contribution < 1.29 is 9.18 Å². The predicted molar refractivity (Wildman–Crippen MR) is 145 cm³/mol. The number of rotatable bonds is 6. The van der Waals surface area contributed by atoms with Gasteiger partial charge in [-0.3, -0.25) is 9.78 Å². The number of aromatic nitrogens is 3. The molecular formula is C29H28FN5OS. The molecule has 1 amide bonds. The van der Waals surface area contributed by atoms with Crippen molar-refractivity contribution in [1.82, 2.24) is 20.3 Å². The van der Waals surface area contributed by atoms with Crippen LogP contribution in [0.4, 0.5) is 10.2 Å². The maximum atomic E-state index is 13.8. The number of fused-ring (bicyclic) bond motifs is 1. The Morgan fingerprint density at radius 3 is 2.78 bits per heavy atom. The molecule has 6 nitrogen and oxygen atoms in total. The van der Waals surface area contributed by atoms with Crippen LogP contribution in [0, 0.1) is 11.2 Å². The van der Waals surface area contributed by atoms with Crippen LogP contribution < -0.4 is 10.2 Å². The SMILES string of the molecule is CSc1cc(F)cc(C(=O)NCc2cc3nc(-c4cccc(N5CCCC6(CC6)C5)n4)ccc3cn2)c1. The normalized spacial score (nSPS) is 16.2.